The van der Waals surface area contributed by atoms with Crippen LogP contribution in [0.3, 0.4) is 0 Å². The summed E-state index contributed by atoms with van der Waals surface area (Å²) in [5, 5.41) is 4.17. The number of nitrogens with one attached hydrogen (secondary N) is 1. The highest BCUT2D eigenvalue weighted by Crippen LogP contribution is 2.25. The fourth-order valence-corrected chi connectivity index (χ4v) is 5.70. The van der Waals surface area contributed by atoms with Crippen LogP contribution < -0.4 is 5.32 Å². The Morgan fingerprint density at radius 3 is 2.18 bits per heavy atom. The minimum Gasteiger partial charge on any atom is -0.352 e. The van der Waals surface area contributed by atoms with Crippen LogP contribution in [0.4, 0.5) is 0 Å². The smallest absolute Gasteiger partial charge is 0.243 e. The molecule has 0 saturated heterocycles. The standard InChI is InChI=1S/C32H36Cl2N2O2/c1-22-15-23(2)17-26(16-22)20-31(37)36(21-25-13-14-28(33)29(34)18-25)30(19-24-9-5-3-6-10-24)32(38)35-27-11-7-4-8-12-27/h3,5-6,9-10,13-18,27,30H,4,7-8,11-12,19-21H2,1-2H3,(H,35,38)/t30-/m1/s1. The molecule has 4 rings (SSSR count). The number of nitrogens with zero attached hydrogens (tertiary/aromatic N) is 1. The van der Waals surface area contributed by atoms with Crippen LogP contribution in [0.2, 0.25) is 10.0 Å². The molecule has 6 heteroatoms. The highest BCUT2D eigenvalue weighted by molar-refractivity contribution is 6.42. The summed E-state index contributed by atoms with van der Waals surface area (Å²) in [5.41, 5.74) is 5.00. The first-order chi connectivity index (χ1) is 18.3. The molecule has 3 aromatic carbocycles. The molecule has 0 heterocycles. The molecule has 3 aromatic rings. The van der Waals surface area contributed by atoms with Crippen LogP contribution in [-0.2, 0) is 29.0 Å². The topological polar surface area (TPSA) is 49.4 Å². The van der Waals surface area contributed by atoms with Crippen LogP contribution in [0.5, 0.6) is 0 Å². The van der Waals surface area contributed by atoms with Gasteiger partial charge in [0.1, 0.15) is 6.04 Å². The number of hydrogen-bond donors (Lipinski definition) is 1. The van der Waals surface area contributed by atoms with Gasteiger partial charge in [0.2, 0.25) is 11.8 Å². The number of carbonyl (C=O) groups is 2. The van der Waals surface area contributed by atoms with Crippen molar-refractivity contribution in [2.75, 3.05) is 0 Å². The predicted octanol–water partition coefficient (Wildman–Crippen LogP) is 7.24. The van der Waals surface area contributed by atoms with E-state index in [-0.39, 0.29) is 30.8 Å². The number of aryl methyl sites for hydroxylation is 2. The van der Waals surface area contributed by atoms with E-state index in [1.54, 1.807) is 17.0 Å². The Bertz CT molecular complexity index is 1240. The van der Waals surface area contributed by atoms with Gasteiger partial charge >= 0.3 is 0 Å². The molecular weight excluding hydrogens is 515 g/mol. The van der Waals surface area contributed by atoms with E-state index < -0.39 is 6.04 Å². The highest BCUT2D eigenvalue weighted by Gasteiger charge is 2.32. The zero-order chi connectivity index (χ0) is 27.1. The van der Waals surface area contributed by atoms with Crippen molar-refractivity contribution in [3.63, 3.8) is 0 Å². The molecule has 1 aliphatic carbocycles. The first kappa shape index (κ1) is 28.2. The van der Waals surface area contributed by atoms with Gasteiger partial charge in [-0.1, -0.05) is 108 Å². The van der Waals surface area contributed by atoms with Gasteiger partial charge in [0.05, 0.1) is 16.5 Å². The van der Waals surface area contributed by atoms with E-state index in [9.17, 15) is 9.59 Å². The zero-order valence-electron chi connectivity index (χ0n) is 22.2. The minimum absolute atomic E-state index is 0.0965. The fourth-order valence-electron chi connectivity index (χ4n) is 5.38. The maximum Gasteiger partial charge on any atom is 0.243 e. The molecule has 0 aromatic heterocycles. The Morgan fingerprint density at radius 2 is 1.53 bits per heavy atom. The van der Waals surface area contributed by atoms with Crippen LogP contribution in [0.1, 0.15) is 59.9 Å². The SMILES string of the molecule is Cc1cc(C)cc(CC(=O)N(Cc2ccc(Cl)c(Cl)c2)[C@H](Cc2ccccc2)C(=O)NC2CCCCC2)c1. The molecule has 200 valence electrons. The van der Waals surface area contributed by atoms with Gasteiger partial charge in [-0.2, -0.15) is 0 Å². The van der Waals surface area contributed by atoms with E-state index in [0.29, 0.717) is 16.5 Å². The average Bonchev–Trinajstić information content (AvgIpc) is 2.88. The van der Waals surface area contributed by atoms with E-state index in [4.69, 9.17) is 23.2 Å². The number of amides is 2. The zero-order valence-corrected chi connectivity index (χ0v) is 23.7. The molecule has 38 heavy (non-hydrogen) atoms. The van der Waals surface area contributed by atoms with Gasteiger partial charge in [-0.15, -0.1) is 0 Å². The van der Waals surface area contributed by atoms with Crippen LogP contribution in [0.25, 0.3) is 0 Å². The Balaban J connectivity index is 1.68. The summed E-state index contributed by atoms with van der Waals surface area (Å²) in [6.45, 7) is 4.32. The van der Waals surface area contributed by atoms with Crippen molar-refractivity contribution in [2.45, 2.75) is 77.4 Å². The molecule has 0 unspecified atom stereocenters. The summed E-state index contributed by atoms with van der Waals surface area (Å²) in [6, 6.07) is 20.9. The lowest BCUT2D eigenvalue weighted by Gasteiger charge is -2.33. The predicted molar refractivity (Wildman–Crippen MR) is 156 cm³/mol. The molecule has 0 radical (unpaired) electrons. The molecule has 1 saturated carbocycles. The maximum absolute atomic E-state index is 14.0. The molecular formula is C32H36Cl2N2O2. The van der Waals surface area contributed by atoms with Crippen molar-refractivity contribution in [1.29, 1.82) is 0 Å². The van der Waals surface area contributed by atoms with Crippen molar-refractivity contribution in [2.24, 2.45) is 0 Å². The van der Waals surface area contributed by atoms with E-state index in [1.165, 1.54) is 6.42 Å². The lowest BCUT2D eigenvalue weighted by atomic mass is 9.94. The van der Waals surface area contributed by atoms with Crippen molar-refractivity contribution < 1.29 is 9.59 Å². The van der Waals surface area contributed by atoms with Crippen molar-refractivity contribution >= 4 is 35.0 Å². The van der Waals surface area contributed by atoms with Crippen LogP contribution >= 0.6 is 23.2 Å². The van der Waals surface area contributed by atoms with Gasteiger partial charge in [0, 0.05) is 19.0 Å². The van der Waals surface area contributed by atoms with E-state index in [2.05, 4.69) is 11.4 Å². The summed E-state index contributed by atoms with van der Waals surface area (Å²) in [4.78, 5) is 29.6. The van der Waals surface area contributed by atoms with Gasteiger partial charge < -0.3 is 10.2 Å². The van der Waals surface area contributed by atoms with E-state index in [1.807, 2.05) is 62.4 Å². The van der Waals surface area contributed by atoms with Gasteiger partial charge in [-0.05, 0) is 55.5 Å². The molecule has 1 N–H and O–H groups in total. The second kappa shape index (κ2) is 13.3. The molecule has 2 amide bonds. The quantitative estimate of drug-likeness (QED) is 0.305. The number of carbonyl (C=O) groups excluding carboxylic acids is 2. The molecule has 0 bridgehead atoms. The average molecular weight is 552 g/mol. The largest absolute Gasteiger partial charge is 0.352 e. The molecule has 0 spiro atoms. The Kier molecular flexibility index (Phi) is 9.87. The van der Waals surface area contributed by atoms with Gasteiger partial charge in [0.25, 0.3) is 0 Å². The van der Waals surface area contributed by atoms with E-state index in [0.717, 1.165) is 53.5 Å². The molecule has 1 aliphatic rings. The summed E-state index contributed by atoms with van der Waals surface area (Å²) in [7, 11) is 0. The van der Waals surface area contributed by atoms with Gasteiger partial charge in [-0.25, -0.2) is 0 Å². The van der Waals surface area contributed by atoms with Crippen molar-refractivity contribution in [3.05, 3.63) is 105 Å². The van der Waals surface area contributed by atoms with Crippen LogP contribution in [0.15, 0.2) is 66.7 Å². The second-order valence-electron chi connectivity index (χ2n) is 10.5. The van der Waals surface area contributed by atoms with Crippen LogP contribution in [0, 0.1) is 13.8 Å². The van der Waals surface area contributed by atoms with Crippen LogP contribution in [-0.4, -0.2) is 28.8 Å². The van der Waals surface area contributed by atoms with Gasteiger partial charge in [-0.3, -0.25) is 9.59 Å². The summed E-state index contributed by atoms with van der Waals surface area (Å²) < 4.78 is 0. The lowest BCUT2D eigenvalue weighted by molar-refractivity contribution is -0.141. The Morgan fingerprint density at radius 1 is 0.842 bits per heavy atom. The minimum atomic E-state index is -0.660. The third-order valence-electron chi connectivity index (χ3n) is 7.20. The summed E-state index contributed by atoms with van der Waals surface area (Å²) >= 11 is 12.5. The highest BCUT2D eigenvalue weighted by atomic mass is 35.5. The first-order valence-electron chi connectivity index (χ1n) is 13.4. The Hall–Kier alpha value is -2.82. The van der Waals surface area contributed by atoms with Gasteiger partial charge in [0.15, 0.2) is 0 Å². The second-order valence-corrected chi connectivity index (χ2v) is 11.3. The number of benzene rings is 3. The lowest BCUT2D eigenvalue weighted by Crippen LogP contribution is -2.53. The Labute approximate surface area is 236 Å². The first-order valence-corrected chi connectivity index (χ1v) is 14.2. The third kappa shape index (κ3) is 7.85. The molecule has 4 nitrogen and oxygen atoms in total. The van der Waals surface area contributed by atoms with Crippen molar-refractivity contribution in [3.8, 4) is 0 Å². The number of hydrogen-bond acceptors (Lipinski definition) is 2. The monoisotopic (exact) mass is 550 g/mol. The summed E-state index contributed by atoms with van der Waals surface area (Å²) in [5.74, 6) is -0.199. The number of rotatable bonds is 9. The maximum atomic E-state index is 14.0. The van der Waals surface area contributed by atoms with Crippen molar-refractivity contribution in [1.82, 2.24) is 10.2 Å². The molecule has 0 aliphatic heterocycles. The fraction of sp³-hybridized carbons (Fsp3) is 0.375. The number of halogens is 2. The third-order valence-corrected chi connectivity index (χ3v) is 7.94. The molecule has 1 fully saturated rings. The van der Waals surface area contributed by atoms with E-state index >= 15 is 0 Å². The normalized spacial score (nSPS) is 14.6. The summed E-state index contributed by atoms with van der Waals surface area (Å²) in [6.07, 6.45) is 6.04. The molecule has 1 atom stereocenters.